The molecule has 2 N–H and O–H groups in total. The number of nitrogens with one attached hydrogen (secondary N) is 2. The molecule has 8 nitrogen and oxygen atoms in total. The molecule has 0 bridgehead atoms. The number of sulfonamides is 1. The molecule has 3 aromatic rings. The van der Waals surface area contributed by atoms with Crippen molar-refractivity contribution in [2.24, 2.45) is 0 Å². The van der Waals surface area contributed by atoms with Crippen LogP contribution >= 0.6 is 0 Å². The molecule has 3 aromatic carbocycles. The van der Waals surface area contributed by atoms with Gasteiger partial charge in [-0.1, -0.05) is 48.5 Å². The van der Waals surface area contributed by atoms with Crippen molar-refractivity contribution in [3.8, 4) is 0 Å². The van der Waals surface area contributed by atoms with E-state index in [1.54, 1.807) is 12.1 Å². The number of benzene rings is 3. The van der Waals surface area contributed by atoms with Gasteiger partial charge in [0.1, 0.15) is 0 Å². The molecule has 2 aliphatic rings. The topological polar surface area (TPSA) is 91.0 Å². The van der Waals surface area contributed by atoms with E-state index in [1.165, 1.54) is 10.6 Å². The first-order valence-corrected chi connectivity index (χ1v) is 14.1. The van der Waals surface area contributed by atoms with Crippen LogP contribution in [0.2, 0.25) is 0 Å². The minimum Gasteiger partial charge on any atom is -0.379 e. The lowest BCUT2D eigenvalue weighted by molar-refractivity contribution is -0.110. The van der Waals surface area contributed by atoms with Crippen LogP contribution in [0.1, 0.15) is 11.1 Å². The first-order valence-electron chi connectivity index (χ1n) is 12.3. The predicted molar refractivity (Wildman–Crippen MR) is 148 cm³/mol. The summed E-state index contributed by atoms with van der Waals surface area (Å²) in [6, 6.07) is 24.6. The van der Waals surface area contributed by atoms with E-state index in [1.807, 2.05) is 66.7 Å². The highest BCUT2D eigenvalue weighted by molar-refractivity contribution is 7.92. The summed E-state index contributed by atoms with van der Waals surface area (Å²) in [5.41, 5.74) is 5.07. The number of nitrogens with zero attached hydrogens (tertiary/aromatic N) is 2. The van der Waals surface area contributed by atoms with Gasteiger partial charge in [0, 0.05) is 43.1 Å². The maximum atomic E-state index is 13.0. The lowest BCUT2D eigenvalue weighted by atomic mass is 10.00. The Kier molecular flexibility index (Phi) is 7.27. The van der Waals surface area contributed by atoms with Gasteiger partial charge in [-0.05, 0) is 35.9 Å². The largest absolute Gasteiger partial charge is 0.379 e. The van der Waals surface area contributed by atoms with Gasteiger partial charge in [0.15, 0.2) is 0 Å². The van der Waals surface area contributed by atoms with Gasteiger partial charge in [0.25, 0.3) is 5.91 Å². The Morgan fingerprint density at radius 2 is 1.65 bits per heavy atom. The van der Waals surface area contributed by atoms with Crippen molar-refractivity contribution >= 4 is 44.3 Å². The maximum absolute atomic E-state index is 13.0. The van der Waals surface area contributed by atoms with E-state index in [2.05, 4.69) is 15.5 Å². The van der Waals surface area contributed by atoms with Crippen molar-refractivity contribution in [2.45, 2.75) is 0 Å². The smallest absolute Gasteiger partial charge is 0.258 e. The fourth-order valence-corrected chi connectivity index (χ4v) is 5.57. The van der Waals surface area contributed by atoms with E-state index in [0.717, 1.165) is 35.6 Å². The molecule has 2 aliphatic heterocycles. The van der Waals surface area contributed by atoms with Gasteiger partial charge in [-0.3, -0.25) is 14.0 Å². The maximum Gasteiger partial charge on any atom is 0.258 e. The minimum absolute atomic E-state index is 0.171. The second-order valence-electron chi connectivity index (χ2n) is 9.08. The van der Waals surface area contributed by atoms with Gasteiger partial charge in [-0.2, -0.15) is 0 Å². The predicted octanol–water partition coefficient (Wildman–Crippen LogP) is 3.72. The highest BCUT2D eigenvalue weighted by Gasteiger charge is 2.28. The lowest BCUT2D eigenvalue weighted by Crippen LogP contribution is -2.43. The van der Waals surface area contributed by atoms with E-state index in [9.17, 15) is 13.2 Å². The first kappa shape index (κ1) is 25.0. The second kappa shape index (κ2) is 10.8. The van der Waals surface area contributed by atoms with E-state index >= 15 is 0 Å². The number of fused-ring (bicyclic) bond motifs is 1. The van der Waals surface area contributed by atoms with Crippen LogP contribution in [0.4, 0.5) is 17.1 Å². The molecule has 0 atom stereocenters. The molecule has 0 saturated carbocycles. The molecule has 0 spiro atoms. The van der Waals surface area contributed by atoms with Crippen LogP contribution in [0.5, 0.6) is 0 Å². The molecule has 0 aliphatic carbocycles. The van der Waals surface area contributed by atoms with Gasteiger partial charge in [-0.25, -0.2) is 8.42 Å². The number of anilines is 3. The number of carbonyl (C=O) groups is 1. The Morgan fingerprint density at radius 3 is 2.35 bits per heavy atom. The fourth-order valence-electron chi connectivity index (χ4n) is 4.65. The Balaban J connectivity index is 1.43. The van der Waals surface area contributed by atoms with Crippen LogP contribution in [0.3, 0.4) is 0 Å². The Morgan fingerprint density at radius 1 is 0.973 bits per heavy atom. The number of hydrogen-bond donors (Lipinski definition) is 2. The monoisotopic (exact) mass is 518 g/mol. The van der Waals surface area contributed by atoms with Crippen LogP contribution in [0.15, 0.2) is 78.9 Å². The Bertz CT molecular complexity index is 1400. The summed E-state index contributed by atoms with van der Waals surface area (Å²) in [5.74, 6) is -0.171. The van der Waals surface area contributed by atoms with Crippen molar-refractivity contribution < 1.29 is 17.9 Å². The van der Waals surface area contributed by atoms with Crippen molar-refractivity contribution in [3.63, 3.8) is 0 Å². The minimum atomic E-state index is -3.46. The first-order chi connectivity index (χ1) is 17.9. The van der Waals surface area contributed by atoms with Gasteiger partial charge in [0.05, 0.1) is 36.4 Å². The zero-order valence-electron chi connectivity index (χ0n) is 20.7. The molecule has 1 saturated heterocycles. The molecule has 9 heteroatoms. The van der Waals surface area contributed by atoms with Crippen LogP contribution in [-0.2, 0) is 19.6 Å². The highest BCUT2D eigenvalue weighted by Crippen LogP contribution is 2.37. The summed E-state index contributed by atoms with van der Waals surface area (Å²) in [6.45, 7) is 3.93. The zero-order chi connectivity index (χ0) is 25.8. The van der Waals surface area contributed by atoms with Crippen LogP contribution < -0.4 is 14.9 Å². The molecule has 0 radical (unpaired) electrons. The summed E-state index contributed by atoms with van der Waals surface area (Å²) in [7, 11) is -3.46. The number of rotatable bonds is 8. The number of hydrogen-bond acceptors (Lipinski definition) is 6. The molecule has 0 aromatic heterocycles. The fraction of sp³-hybridized carbons (Fsp3) is 0.250. The second-order valence-corrected chi connectivity index (χ2v) is 11.0. The molecule has 192 valence electrons. The number of ether oxygens (including phenoxy) is 1. The normalized spacial score (nSPS) is 17.2. The van der Waals surface area contributed by atoms with Crippen molar-refractivity contribution in [1.29, 1.82) is 0 Å². The number of para-hydroxylation sites is 1. The Labute approximate surface area is 217 Å². The van der Waals surface area contributed by atoms with E-state index < -0.39 is 10.0 Å². The van der Waals surface area contributed by atoms with Gasteiger partial charge in [-0.15, -0.1) is 0 Å². The van der Waals surface area contributed by atoms with Crippen molar-refractivity contribution in [3.05, 3.63) is 90.0 Å². The zero-order valence-corrected chi connectivity index (χ0v) is 21.5. The third-order valence-corrected chi connectivity index (χ3v) is 7.73. The summed E-state index contributed by atoms with van der Waals surface area (Å²) in [5, 5.41) is 6.37. The number of amides is 1. The summed E-state index contributed by atoms with van der Waals surface area (Å²) in [6.07, 6.45) is 1.23. The molecular formula is C28H30N4O4S. The lowest BCUT2D eigenvalue weighted by Gasteiger charge is -2.30. The van der Waals surface area contributed by atoms with Gasteiger partial charge in [0.2, 0.25) is 10.0 Å². The third-order valence-electron chi connectivity index (χ3n) is 6.53. The average molecular weight is 519 g/mol. The Hall–Kier alpha value is -3.66. The molecule has 1 amide bonds. The van der Waals surface area contributed by atoms with E-state index in [-0.39, 0.29) is 5.91 Å². The van der Waals surface area contributed by atoms with Gasteiger partial charge >= 0.3 is 0 Å². The van der Waals surface area contributed by atoms with Crippen molar-refractivity contribution in [2.75, 3.05) is 60.6 Å². The van der Waals surface area contributed by atoms with Crippen LogP contribution in [-0.4, -0.2) is 64.9 Å². The summed E-state index contributed by atoms with van der Waals surface area (Å²) >= 11 is 0. The summed E-state index contributed by atoms with van der Waals surface area (Å²) < 4.78 is 32.0. The highest BCUT2D eigenvalue weighted by atomic mass is 32.2. The van der Waals surface area contributed by atoms with Crippen molar-refractivity contribution in [1.82, 2.24) is 4.90 Å². The molecule has 2 heterocycles. The number of morpholine rings is 1. The molecule has 37 heavy (non-hydrogen) atoms. The van der Waals surface area contributed by atoms with Crippen LogP contribution in [0.25, 0.3) is 11.3 Å². The van der Waals surface area contributed by atoms with E-state index in [4.69, 9.17) is 4.74 Å². The number of carbonyl (C=O) groups excluding carboxylic acids is 1. The standard InChI is InChI=1S/C28H30N4O4S/c1-37(34,35)32(16-15-31-17-19-36-20-18-31)23-13-11-22(12-14-23)29-27(21-7-3-2-4-8-21)26-24-9-5-6-10-25(24)30-28(26)33/h2-14,29H,15-20H2,1H3,(H,30,33). The third kappa shape index (κ3) is 5.69. The summed E-state index contributed by atoms with van der Waals surface area (Å²) in [4.78, 5) is 15.2. The molecule has 0 unspecified atom stereocenters. The van der Waals surface area contributed by atoms with E-state index in [0.29, 0.717) is 43.3 Å². The molecular weight excluding hydrogens is 488 g/mol. The molecule has 1 fully saturated rings. The quantitative estimate of drug-likeness (QED) is 0.442. The SMILES string of the molecule is CS(=O)(=O)N(CCN1CCOCC1)c1ccc(NC(=C2C(=O)Nc3ccccc32)c2ccccc2)cc1. The average Bonchev–Trinajstić information content (AvgIpc) is 3.24. The van der Waals surface area contributed by atoms with Crippen LogP contribution in [0, 0.1) is 0 Å². The molecule has 5 rings (SSSR count). The van der Waals surface area contributed by atoms with Gasteiger partial charge < -0.3 is 15.4 Å².